The number of pyridine rings is 1. The normalized spacial score (nSPS) is 13.7. The molecule has 0 bridgehead atoms. The SMILES string of the molecule is C1=CNc2cc3[nH]cnc3nc2C=C1. The highest BCUT2D eigenvalue weighted by molar-refractivity contribution is 5.80. The van der Waals surface area contributed by atoms with E-state index in [0.29, 0.717) is 0 Å². The second-order valence-electron chi connectivity index (χ2n) is 3.06. The average Bonchev–Trinajstić information content (AvgIpc) is 2.51. The molecule has 0 aliphatic carbocycles. The summed E-state index contributed by atoms with van der Waals surface area (Å²) >= 11 is 0. The second-order valence-corrected chi connectivity index (χ2v) is 3.06. The molecular formula is C10H8N4. The fraction of sp³-hybridized carbons (Fsp3) is 0. The molecule has 0 amide bonds. The molecule has 0 fully saturated rings. The van der Waals surface area contributed by atoms with Gasteiger partial charge in [-0.1, -0.05) is 6.08 Å². The van der Waals surface area contributed by atoms with Crippen molar-refractivity contribution in [1.82, 2.24) is 15.0 Å². The van der Waals surface area contributed by atoms with Crippen LogP contribution >= 0.6 is 0 Å². The van der Waals surface area contributed by atoms with E-state index in [1.165, 1.54) is 0 Å². The number of aromatic amines is 1. The summed E-state index contributed by atoms with van der Waals surface area (Å²) in [7, 11) is 0. The van der Waals surface area contributed by atoms with Crippen LogP contribution in [0.15, 0.2) is 30.7 Å². The Hall–Kier alpha value is -2.10. The fourth-order valence-corrected chi connectivity index (χ4v) is 1.47. The van der Waals surface area contributed by atoms with Gasteiger partial charge in [0.1, 0.15) is 0 Å². The average molecular weight is 184 g/mol. The number of imidazole rings is 1. The molecule has 0 radical (unpaired) electrons. The third-order valence-corrected chi connectivity index (χ3v) is 2.14. The van der Waals surface area contributed by atoms with Gasteiger partial charge in [0.2, 0.25) is 0 Å². The summed E-state index contributed by atoms with van der Waals surface area (Å²) in [6.07, 6.45) is 9.37. The van der Waals surface area contributed by atoms with Gasteiger partial charge in [-0.25, -0.2) is 9.97 Å². The molecule has 0 unspecified atom stereocenters. The van der Waals surface area contributed by atoms with Crippen LogP contribution in [-0.2, 0) is 0 Å². The molecule has 2 aromatic heterocycles. The maximum absolute atomic E-state index is 4.40. The van der Waals surface area contributed by atoms with Crippen molar-refractivity contribution in [2.75, 3.05) is 5.32 Å². The Morgan fingerprint density at radius 3 is 3.21 bits per heavy atom. The number of hydrogen-bond acceptors (Lipinski definition) is 3. The highest BCUT2D eigenvalue weighted by Crippen LogP contribution is 2.21. The smallest absolute Gasteiger partial charge is 0.178 e. The first kappa shape index (κ1) is 7.32. The predicted octanol–water partition coefficient (Wildman–Crippen LogP) is 1.91. The number of nitrogens with one attached hydrogen (secondary N) is 2. The summed E-state index contributed by atoms with van der Waals surface area (Å²) in [5.74, 6) is 0. The van der Waals surface area contributed by atoms with Crippen molar-refractivity contribution in [3.63, 3.8) is 0 Å². The summed E-state index contributed by atoms with van der Waals surface area (Å²) in [4.78, 5) is 11.5. The molecule has 1 aliphatic heterocycles. The third kappa shape index (κ3) is 1.01. The fourth-order valence-electron chi connectivity index (χ4n) is 1.47. The van der Waals surface area contributed by atoms with E-state index in [2.05, 4.69) is 20.3 Å². The first-order chi connectivity index (χ1) is 6.93. The van der Waals surface area contributed by atoms with Gasteiger partial charge in [-0.05, 0) is 18.2 Å². The summed E-state index contributed by atoms with van der Waals surface area (Å²) in [6, 6.07) is 2.00. The predicted molar refractivity (Wildman–Crippen MR) is 55.7 cm³/mol. The Labute approximate surface area is 80.4 Å². The first-order valence-electron chi connectivity index (χ1n) is 4.37. The van der Waals surface area contributed by atoms with E-state index in [-0.39, 0.29) is 0 Å². The molecule has 0 spiro atoms. The number of hydrogen-bond donors (Lipinski definition) is 2. The molecule has 3 heterocycles. The van der Waals surface area contributed by atoms with Gasteiger partial charge in [0, 0.05) is 6.20 Å². The highest BCUT2D eigenvalue weighted by Gasteiger charge is 2.05. The molecule has 4 nitrogen and oxygen atoms in total. The summed E-state index contributed by atoms with van der Waals surface area (Å²) in [5, 5.41) is 3.15. The van der Waals surface area contributed by atoms with Crippen LogP contribution in [0.25, 0.3) is 17.2 Å². The van der Waals surface area contributed by atoms with Gasteiger partial charge in [-0.2, -0.15) is 0 Å². The zero-order valence-electron chi connectivity index (χ0n) is 7.36. The Morgan fingerprint density at radius 1 is 1.21 bits per heavy atom. The topological polar surface area (TPSA) is 53.6 Å². The van der Waals surface area contributed by atoms with Crippen molar-refractivity contribution in [2.45, 2.75) is 0 Å². The van der Waals surface area contributed by atoms with Crippen LogP contribution < -0.4 is 5.32 Å². The van der Waals surface area contributed by atoms with E-state index in [1.807, 2.05) is 30.5 Å². The number of anilines is 1. The largest absolute Gasteiger partial charge is 0.360 e. The van der Waals surface area contributed by atoms with Crippen LogP contribution in [0.5, 0.6) is 0 Å². The standard InChI is InChI=1S/C10H8N4/c1-2-4-11-8-5-9-10(13-6-12-9)14-7(8)3-1/h1-6,11H,(H,12,13,14). The van der Waals surface area contributed by atoms with Gasteiger partial charge >= 0.3 is 0 Å². The number of H-pyrrole nitrogens is 1. The minimum absolute atomic E-state index is 0.747. The lowest BCUT2D eigenvalue weighted by atomic mass is 10.2. The maximum Gasteiger partial charge on any atom is 0.178 e. The molecule has 68 valence electrons. The van der Waals surface area contributed by atoms with Crippen LogP contribution in [-0.4, -0.2) is 15.0 Å². The van der Waals surface area contributed by atoms with E-state index >= 15 is 0 Å². The highest BCUT2D eigenvalue weighted by atomic mass is 15.0. The van der Waals surface area contributed by atoms with Crippen molar-refractivity contribution < 1.29 is 0 Å². The van der Waals surface area contributed by atoms with E-state index in [1.54, 1.807) is 6.33 Å². The third-order valence-electron chi connectivity index (χ3n) is 2.14. The second kappa shape index (κ2) is 2.70. The van der Waals surface area contributed by atoms with Crippen LogP contribution in [0.4, 0.5) is 5.69 Å². The minimum Gasteiger partial charge on any atom is -0.360 e. The van der Waals surface area contributed by atoms with Crippen LogP contribution in [0, 0.1) is 0 Å². The van der Waals surface area contributed by atoms with Gasteiger partial charge < -0.3 is 10.3 Å². The number of fused-ring (bicyclic) bond motifs is 2. The Bertz CT molecular complexity index is 536. The first-order valence-corrected chi connectivity index (χ1v) is 4.37. The molecule has 14 heavy (non-hydrogen) atoms. The summed E-state index contributed by atoms with van der Waals surface area (Å²) < 4.78 is 0. The van der Waals surface area contributed by atoms with Crippen molar-refractivity contribution in [1.29, 1.82) is 0 Å². The lowest BCUT2D eigenvalue weighted by molar-refractivity contribution is 1.29. The molecule has 2 aromatic rings. The zero-order chi connectivity index (χ0) is 9.38. The molecule has 0 aromatic carbocycles. The molecular weight excluding hydrogens is 176 g/mol. The van der Waals surface area contributed by atoms with Gasteiger partial charge in [0.25, 0.3) is 0 Å². The van der Waals surface area contributed by atoms with Gasteiger partial charge in [0.05, 0.1) is 23.2 Å². The maximum atomic E-state index is 4.40. The van der Waals surface area contributed by atoms with Crippen molar-refractivity contribution in [3.05, 3.63) is 36.4 Å². The van der Waals surface area contributed by atoms with Crippen LogP contribution in [0.3, 0.4) is 0 Å². The van der Waals surface area contributed by atoms with E-state index in [9.17, 15) is 0 Å². The molecule has 0 saturated heterocycles. The molecule has 1 aliphatic rings. The minimum atomic E-state index is 0.747. The summed E-state index contributed by atoms with van der Waals surface area (Å²) in [5.41, 5.74) is 3.60. The van der Waals surface area contributed by atoms with Crippen molar-refractivity contribution in [3.8, 4) is 0 Å². The number of aromatic nitrogens is 3. The van der Waals surface area contributed by atoms with E-state index in [0.717, 1.165) is 22.5 Å². The lowest BCUT2D eigenvalue weighted by Gasteiger charge is -2.02. The zero-order valence-corrected chi connectivity index (χ0v) is 7.36. The molecule has 4 heteroatoms. The van der Waals surface area contributed by atoms with E-state index in [4.69, 9.17) is 0 Å². The van der Waals surface area contributed by atoms with Gasteiger partial charge in [-0.15, -0.1) is 0 Å². The lowest BCUT2D eigenvalue weighted by Crippen LogP contribution is -1.92. The molecule has 2 N–H and O–H groups in total. The quantitative estimate of drug-likeness (QED) is 0.657. The Morgan fingerprint density at radius 2 is 2.21 bits per heavy atom. The Balaban J connectivity index is 2.31. The molecule has 0 saturated carbocycles. The Kier molecular flexibility index (Phi) is 1.41. The van der Waals surface area contributed by atoms with Gasteiger partial charge in [0.15, 0.2) is 5.65 Å². The van der Waals surface area contributed by atoms with Crippen LogP contribution in [0.2, 0.25) is 0 Å². The number of rotatable bonds is 0. The van der Waals surface area contributed by atoms with Gasteiger partial charge in [-0.3, -0.25) is 0 Å². The molecule has 0 atom stereocenters. The van der Waals surface area contributed by atoms with Crippen molar-refractivity contribution in [2.24, 2.45) is 0 Å². The molecule has 3 rings (SSSR count). The van der Waals surface area contributed by atoms with E-state index < -0.39 is 0 Å². The van der Waals surface area contributed by atoms with Crippen molar-refractivity contribution >= 4 is 22.9 Å². The van der Waals surface area contributed by atoms with Crippen LogP contribution in [0.1, 0.15) is 5.69 Å². The monoisotopic (exact) mass is 184 g/mol. The summed E-state index contributed by atoms with van der Waals surface area (Å²) in [6.45, 7) is 0. The number of nitrogens with zero attached hydrogens (tertiary/aromatic N) is 2. The number of allylic oxidation sites excluding steroid dienone is 2.